The third-order valence-electron chi connectivity index (χ3n) is 2.86. The van der Waals surface area contributed by atoms with Crippen molar-refractivity contribution in [3.05, 3.63) is 56.6 Å². The molecule has 3 aromatic rings. The first-order chi connectivity index (χ1) is 10.1. The fourth-order valence-electron chi connectivity index (χ4n) is 1.92. The number of halogens is 1. The lowest BCUT2D eigenvalue weighted by Gasteiger charge is -1.99. The van der Waals surface area contributed by atoms with Crippen LogP contribution in [0.25, 0.3) is 11.3 Å². The Morgan fingerprint density at radius 1 is 1.29 bits per heavy atom. The monoisotopic (exact) mass is 334 g/mol. The van der Waals surface area contributed by atoms with Crippen LogP contribution in [0.5, 0.6) is 0 Å². The number of carbonyl (C=O) groups is 1. The van der Waals surface area contributed by atoms with E-state index < -0.39 is 0 Å². The molecule has 0 bridgehead atoms. The molecule has 1 amide bonds. The Hall–Kier alpha value is -1.69. The van der Waals surface area contributed by atoms with Crippen molar-refractivity contribution >= 4 is 45.3 Å². The van der Waals surface area contributed by atoms with Crippen molar-refractivity contribution in [2.45, 2.75) is 6.92 Å². The topological polar surface area (TPSA) is 42.0 Å². The first-order valence-corrected chi connectivity index (χ1v) is 8.29. The molecule has 106 valence electrons. The maximum Gasteiger partial charge on any atom is 0.267 e. The normalized spacial score (nSPS) is 10.6. The van der Waals surface area contributed by atoms with Crippen LogP contribution in [0.4, 0.5) is 5.13 Å². The minimum atomic E-state index is -0.128. The first kappa shape index (κ1) is 14.3. The summed E-state index contributed by atoms with van der Waals surface area (Å²) in [6, 6.07) is 11.2. The number of aryl methyl sites for hydroxylation is 1. The van der Waals surface area contributed by atoms with Crippen LogP contribution in [0.3, 0.4) is 0 Å². The van der Waals surface area contributed by atoms with Crippen molar-refractivity contribution < 1.29 is 4.79 Å². The summed E-state index contributed by atoms with van der Waals surface area (Å²) < 4.78 is 0. The van der Waals surface area contributed by atoms with Crippen molar-refractivity contribution in [1.29, 1.82) is 0 Å². The molecule has 0 aliphatic rings. The molecule has 6 heteroatoms. The van der Waals surface area contributed by atoms with Crippen molar-refractivity contribution in [3.63, 3.8) is 0 Å². The number of anilines is 1. The van der Waals surface area contributed by atoms with Gasteiger partial charge in [-0.1, -0.05) is 29.8 Å². The largest absolute Gasteiger partial charge is 0.297 e. The predicted octanol–water partition coefficient (Wildman–Crippen LogP) is 5.09. The molecule has 2 aromatic heterocycles. The minimum Gasteiger partial charge on any atom is -0.297 e. The number of aromatic nitrogens is 1. The number of hydrogen-bond acceptors (Lipinski definition) is 4. The van der Waals surface area contributed by atoms with Crippen LogP contribution < -0.4 is 5.32 Å². The van der Waals surface area contributed by atoms with Gasteiger partial charge in [-0.15, -0.1) is 22.7 Å². The molecule has 0 saturated heterocycles. The van der Waals surface area contributed by atoms with Gasteiger partial charge in [-0.3, -0.25) is 10.1 Å². The van der Waals surface area contributed by atoms with E-state index >= 15 is 0 Å². The lowest BCUT2D eigenvalue weighted by atomic mass is 10.1. The lowest BCUT2D eigenvalue weighted by Crippen LogP contribution is -2.09. The van der Waals surface area contributed by atoms with Crippen molar-refractivity contribution in [1.82, 2.24) is 4.98 Å². The number of thiophene rings is 1. The highest BCUT2D eigenvalue weighted by atomic mass is 35.5. The van der Waals surface area contributed by atoms with E-state index in [0.717, 1.165) is 16.1 Å². The number of rotatable bonds is 3. The molecule has 3 nitrogen and oxygen atoms in total. The highest BCUT2D eigenvalue weighted by Gasteiger charge is 2.13. The van der Waals surface area contributed by atoms with Gasteiger partial charge < -0.3 is 0 Å². The van der Waals surface area contributed by atoms with E-state index in [1.807, 2.05) is 42.6 Å². The Morgan fingerprint density at radius 3 is 2.86 bits per heavy atom. The van der Waals surface area contributed by atoms with E-state index in [9.17, 15) is 4.79 Å². The van der Waals surface area contributed by atoms with Crippen LogP contribution in [-0.2, 0) is 0 Å². The number of amides is 1. The minimum absolute atomic E-state index is 0.128. The van der Waals surface area contributed by atoms with Gasteiger partial charge in [-0.05, 0) is 30.5 Å². The quantitative estimate of drug-likeness (QED) is 0.725. The van der Waals surface area contributed by atoms with Crippen LogP contribution >= 0.6 is 34.3 Å². The Labute approximate surface area is 135 Å². The summed E-state index contributed by atoms with van der Waals surface area (Å²) in [5.41, 5.74) is 1.80. The van der Waals surface area contributed by atoms with Crippen molar-refractivity contribution in [2.75, 3.05) is 5.32 Å². The third-order valence-corrected chi connectivity index (χ3v) is 4.85. The smallest absolute Gasteiger partial charge is 0.267 e. The Balaban J connectivity index is 1.86. The van der Waals surface area contributed by atoms with Crippen LogP contribution in [0.1, 0.15) is 14.5 Å². The zero-order chi connectivity index (χ0) is 14.8. The van der Waals surface area contributed by atoms with Gasteiger partial charge in [0.05, 0.1) is 10.6 Å². The molecule has 1 N–H and O–H groups in total. The van der Waals surface area contributed by atoms with Crippen molar-refractivity contribution in [3.8, 4) is 11.3 Å². The van der Waals surface area contributed by atoms with E-state index in [1.165, 1.54) is 22.7 Å². The summed E-state index contributed by atoms with van der Waals surface area (Å²) in [6.45, 7) is 1.98. The number of nitrogens with one attached hydrogen (secondary N) is 1. The molecule has 0 spiro atoms. The SMILES string of the molecule is Cc1sc(NC(=O)c2cccs2)nc1-c1cccc(Cl)c1. The van der Waals surface area contributed by atoms with E-state index in [1.54, 1.807) is 6.07 Å². The molecule has 3 rings (SSSR count). The number of carbonyl (C=O) groups excluding carboxylic acids is 1. The maximum absolute atomic E-state index is 12.0. The standard InChI is InChI=1S/C15H11ClN2OS2/c1-9-13(10-4-2-5-11(16)8-10)17-15(21-9)18-14(19)12-6-3-7-20-12/h2-8H,1H3,(H,17,18,19). The average molecular weight is 335 g/mol. The van der Waals surface area contributed by atoms with E-state index in [2.05, 4.69) is 10.3 Å². The van der Waals surface area contributed by atoms with E-state index in [0.29, 0.717) is 15.0 Å². The molecule has 0 saturated carbocycles. The van der Waals surface area contributed by atoms with E-state index in [4.69, 9.17) is 11.6 Å². The Bertz CT molecular complexity index is 781. The van der Waals surface area contributed by atoms with Gasteiger partial charge in [-0.25, -0.2) is 4.98 Å². The summed E-state index contributed by atoms with van der Waals surface area (Å²) in [4.78, 5) is 18.2. The number of hydrogen-bond donors (Lipinski definition) is 1. The summed E-state index contributed by atoms with van der Waals surface area (Å²) in [7, 11) is 0. The van der Waals surface area contributed by atoms with Crippen LogP contribution in [0, 0.1) is 6.92 Å². The average Bonchev–Trinajstić information content (AvgIpc) is 3.08. The number of thiazole rings is 1. The van der Waals surface area contributed by atoms with Gasteiger partial charge in [0, 0.05) is 15.5 Å². The molecule has 1 aromatic carbocycles. The van der Waals surface area contributed by atoms with Gasteiger partial charge in [0.1, 0.15) is 0 Å². The second-order valence-electron chi connectivity index (χ2n) is 4.37. The molecule has 2 heterocycles. The van der Waals surface area contributed by atoms with E-state index in [-0.39, 0.29) is 5.91 Å². The molecule has 0 atom stereocenters. The van der Waals surface area contributed by atoms with Crippen LogP contribution in [0.15, 0.2) is 41.8 Å². The molecule has 21 heavy (non-hydrogen) atoms. The second kappa shape index (κ2) is 5.97. The molecule has 0 aliphatic carbocycles. The number of nitrogens with zero attached hydrogens (tertiary/aromatic N) is 1. The third kappa shape index (κ3) is 3.15. The summed E-state index contributed by atoms with van der Waals surface area (Å²) in [6.07, 6.45) is 0. The summed E-state index contributed by atoms with van der Waals surface area (Å²) in [5, 5.41) is 5.98. The summed E-state index contributed by atoms with van der Waals surface area (Å²) >= 11 is 8.88. The van der Waals surface area contributed by atoms with Crippen LogP contribution in [0.2, 0.25) is 5.02 Å². The lowest BCUT2D eigenvalue weighted by molar-refractivity contribution is 0.103. The molecule has 0 radical (unpaired) electrons. The molecule has 0 unspecified atom stereocenters. The Morgan fingerprint density at radius 2 is 2.14 bits per heavy atom. The molecular formula is C15H11ClN2OS2. The zero-order valence-electron chi connectivity index (χ0n) is 11.1. The fourth-order valence-corrected chi connectivity index (χ4v) is 3.56. The highest BCUT2D eigenvalue weighted by Crippen LogP contribution is 2.31. The predicted molar refractivity (Wildman–Crippen MR) is 89.6 cm³/mol. The first-order valence-electron chi connectivity index (χ1n) is 6.22. The zero-order valence-corrected chi connectivity index (χ0v) is 13.5. The summed E-state index contributed by atoms with van der Waals surface area (Å²) in [5.74, 6) is -0.128. The molecule has 0 fully saturated rings. The van der Waals surface area contributed by atoms with Crippen molar-refractivity contribution in [2.24, 2.45) is 0 Å². The van der Waals surface area contributed by atoms with Gasteiger partial charge in [0.15, 0.2) is 5.13 Å². The van der Waals surface area contributed by atoms with Gasteiger partial charge in [0.2, 0.25) is 0 Å². The fraction of sp³-hybridized carbons (Fsp3) is 0.0667. The molecule has 0 aliphatic heterocycles. The molecular weight excluding hydrogens is 324 g/mol. The Kier molecular flexibility index (Phi) is 4.05. The van der Waals surface area contributed by atoms with Gasteiger partial charge in [-0.2, -0.15) is 0 Å². The second-order valence-corrected chi connectivity index (χ2v) is 6.95. The maximum atomic E-state index is 12.0. The number of benzene rings is 1. The van der Waals surface area contributed by atoms with Gasteiger partial charge >= 0.3 is 0 Å². The van der Waals surface area contributed by atoms with Crippen LogP contribution in [-0.4, -0.2) is 10.9 Å². The highest BCUT2D eigenvalue weighted by molar-refractivity contribution is 7.16. The van der Waals surface area contributed by atoms with Gasteiger partial charge in [0.25, 0.3) is 5.91 Å².